The van der Waals surface area contributed by atoms with Crippen molar-refractivity contribution >= 4 is 0 Å². The molecule has 0 radical (unpaired) electrons. The first-order valence-electron chi connectivity index (χ1n) is 6.64. The van der Waals surface area contributed by atoms with Gasteiger partial charge in [-0.2, -0.15) is 0 Å². The number of nitrogens with one attached hydrogen (secondary N) is 1. The van der Waals surface area contributed by atoms with Gasteiger partial charge in [-0.05, 0) is 53.1 Å². The van der Waals surface area contributed by atoms with Crippen LogP contribution in [0.5, 0.6) is 0 Å². The quantitative estimate of drug-likeness (QED) is 0.554. The van der Waals surface area contributed by atoms with Crippen molar-refractivity contribution in [3.63, 3.8) is 0 Å². The lowest BCUT2D eigenvalue weighted by molar-refractivity contribution is -0.0422. The first kappa shape index (κ1) is 15.9. The highest BCUT2D eigenvalue weighted by Crippen LogP contribution is 2.05. The molecule has 1 N–H and O–H groups in total. The van der Waals surface area contributed by atoms with Gasteiger partial charge < -0.3 is 14.8 Å². The first-order valence-corrected chi connectivity index (χ1v) is 6.64. The average molecular weight is 231 g/mol. The summed E-state index contributed by atoms with van der Waals surface area (Å²) in [7, 11) is 0. The van der Waals surface area contributed by atoms with Crippen LogP contribution >= 0.6 is 0 Å². The van der Waals surface area contributed by atoms with Crippen molar-refractivity contribution < 1.29 is 9.47 Å². The van der Waals surface area contributed by atoms with Crippen molar-refractivity contribution in [2.75, 3.05) is 26.3 Å². The summed E-state index contributed by atoms with van der Waals surface area (Å²) in [6, 6.07) is 0. The van der Waals surface area contributed by atoms with Crippen molar-refractivity contribution in [3.05, 3.63) is 0 Å². The Kier molecular flexibility index (Phi) is 11.3. The minimum Gasteiger partial charge on any atom is -0.379 e. The molecule has 98 valence electrons. The van der Waals surface area contributed by atoms with Gasteiger partial charge in [-0.1, -0.05) is 6.92 Å². The van der Waals surface area contributed by atoms with E-state index in [0.717, 1.165) is 26.1 Å². The number of hydrogen-bond donors (Lipinski definition) is 1. The third-order valence-electron chi connectivity index (χ3n) is 2.41. The lowest BCUT2D eigenvalue weighted by atomic mass is 10.2. The maximum atomic E-state index is 5.81. The molecule has 3 heteroatoms. The van der Waals surface area contributed by atoms with E-state index in [1.165, 1.54) is 12.8 Å². The van der Waals surface area contributed by atoms with E-state index in [-0.39, 0.29) is 6.10 Å². The van der Waals surface area contributed by atoms with Crippen molar-refractivity contribution in [1.82, 2.24) is 5.32 Å². The van der Waals surface area contributed by atoms with Crippen molar-refractivity contribution in [1.29, 1.82) is 0 Å². The highest BCUT2D eigenvalue weighted by Gasteiger charge is 2.08. The molecular weight excluding hydrogens is 202 g/mol. The van der Waals surface area contributed by atoms with E-state index in [9.17, 15) is 0 Å². The van der Waals surface area contributed by atoms with Crippen LogP contribution in [0.1, 0.15) is 47.0 Å². The summed E-state index contributed by atoms with van der Waals surface area (Å²) in [5.41, 5.74) is 0. The predicted octanol–water partition coefficient (Wildman–Crippen LogP) is 2.60. The summed E-state index contributed by atoms with van der Waals surface area (Å²) in [5, 5.41) is 3.40. The van der Waals surface area contributed by atoms with Gasteiger partial charge in [-0.3, -0.25) is 0 Å². The molecule has 0 aliphatic rings. The zero-order valence-electron chi connectivity index (χ0n) is 11.4. The summed E-state index contributed by atoms with van der Waals surface area (Å²) in [5.74, 6) is 0. The highest BCUT2D eigenvalue weighted by atomic mass is 16.5. The van der Waals surface area contributed by atoms with E-state index in [1.54, 1.807) is 0 Å². The van der Waals surface area contributed by atoms with Gasteiger partial charge >= 0.3 is 0 Å². The zero-order valence-corrected chi connectivity index (χ0v) is 11.4. The summed E-state index contributed by atoms with van der Waals surface area (Å²) in [6.45, 7) is 12.1. The smallest absolute Gasteiger partial charge is 0.0784 e. The monoisotopic (exact) mass is 231 g/mol. The third-order valence-corrected chi connectivity index (χ3v) is 2.41. The largest absolute Gasteiger partial charge is 0.379 e. The predicted molar refractivity (Wildman–Crippen MR) is 68.9 cm³/mol. The molecule has 0 bridgehead atoms. The summed E-state index contributed by atoms with van der Waals surface area (Å²) in [6.07, 6.45) is 4.05. The molecule has 0 aliphatic carbocycles. The lowest BCUT2D eigenvalue weighted by Crippen LogP contribution is -2.23. The van der Waals surface area contributed by atoms with E-state index in [2.05, 4.69) is 26.1 Å². The Bertz CT molecular complexity index is 142. The van der Waals surface area contributed by atoms with Crippen molar-refractivity contribution in [3.8, 4) is 0 Å². The van der Waals surface area contributed by atoms with Crippen LogP contribution in [0.2, 0.25) is 0 Å². The second-order valence-corrected chi connectivity index (χ2v) is 4.31. The molecule has 0 aromatic rings. The summed E-state index contributed by atoms with van der Waals surface area (Å²) >= 11 is 0. The Morgan fingerprint density at radius 3 is 2.44 bits per heavy atom. The highest BCUT2D eigenvalue weighted by molar-refractivity contribution is 4.57. The number of rotatable bonds is 11. The molecule has 0 rings (SSSR count). The Hall–Kier alpha value is -0.120. The van der Waals surface area contributed by atoms with E-state index in [0.29, 0.717) is 12.7 Å². The van der Waals surface area contributed by atoms with Gasteiger partial charge in [0.2, 0.25) is 0 Å². The normalized spacial score (nSPS) is 15.0. The molecule has 0 aromatic carbocycles. The Morgan fingerprint density at radius 2 is 1.81 bits per heavy atom. The van der Waals surface area contributed by atoms with Crippen LogP contribution < -0.4 is 5.32 Å². The summed E-state index contributed by atoms with van der Waals surface area (Å²) in [4.78, 5) is 0. The molecule has 0 saturated carbocycles. The van der Waals surface area contributed by atoms with Crippen LogP contribution in [0.25, 0.3) is 0 Å². The molecule has 0 saturated heterocycles. The van der Waals surface area contributed by atoms with Gasteiger partial charge in [0.15, 0.2) is 0 Å². The molecule has 2 atom stereocenters. The molecule has 0 amide bonds. The number of ether oxygens (including phenoxy) is 2. The Labute approximate surface area is 101 Å². The molecule has 2 unspecified atom stereocenters. The van der Waals surface area contributed by atoms with Crippen LogP contribution in [0.3, 0.4) is 0 Å². The van der Waals surface area contributed by atoms with E-state index in [4.69, 9.17) is 9.47 Å². The minimum atomic E-state index is 0.207. The number of hydrogen-bond acceptors (Lipinski definition) is 3. The average Bonchev–Trinajstić information content (AvgIpc) is 2.26. The fourth-order valence-corrected chi connectivity index (χ4v) is 1.60. The molecule has 0 aromatic heterocycles. The second-order valence-electron chi connectivity index (χ2n) is 4.31. The van der Waals surface area contributed by atoms with Gasteiger partial charge in [-0.15, -0.1) is 0 Å². The maximum Gasteiger partial charge on any atom is 0.0784 e. The van der Waals surface area contributed by atoms with E-state index < -0.39 is 0 Å². The van der Waals surface area contributed by atoms with Crippen LogP contribution in [0.15, 0.2) is 0 Å². The molecule has 0 spiro atoms. The lowest BCUT2D eigenvalue weighted by Gasteiger charge is -2.19. The van der Waals surface area contributed by atoms with Gasteiger partial charge in [0.25, 0.3) is 0 Å². The van der Waals surface area contributed by atoms with Crippen LogP contribution in [-0.4, -0.2) is 38.5 Å². The fourth-order valence-electron chi connectivity index (χ4n) is 1.60. The fraction of sp³-hybridized carbons (Fsp3) is 1.00. The maximum absolute atomic E-state index is 5.81. The van der Waals surface area contributed by atoms with Gasteiger partial charge in [0.05, 0.1) is 18.8 Å². The van der Waals surface area contributed by atoms with Gasteiger partial charge in [-0.25, -0.2) is 0 Å². The summed E-state index contributed by atoms with van der Waals surface area (Å²) < 4.78 is 11.1. The van der Waals surface area contributed by atoms with Crippen LogP contribution in [-0.2, 0) is 9.47 Å². The first-order chi connectivity index (χ1) is 7.70. The molecular formula is C13H29NO2. The van der Waals surface area contributed by atoms with E-state index >= 15 is 0 Å². The second kappa shape index (κ2) is 11.4. The molecule has 16 heavy (non-hydrogen) atoms. The van der Waals surface area contributed by atoms with Crippen molar-refractivity contribution in [2.45, 2.75) is 59.2 Å². The van der Waals surface area contributed by atoms with Crippen LogP contribution in [0, 0.1) is 0 Å². The third kappa shape index (κ3) is 10.4. The molecule has 3 nitrogen and oxygen atoms in total. The SMILES string of the molecule is CCCNCCCC(C)OC(C)COCC. The molecule has 0 aliphatic heterocycles. The van der Waals surface area contributed by atoms with Crippen LogP contribution in [0.4, 0.5) is 0 Å². The van der Waals surface area contributed by atoms with E-state index in [1.807, 2.05) is 6.92 Å². The molecule has 0 fully saturated rings. The minimum absolute atomic E-state index is 0.207. The zero-order chi connectivity index (χ0) is 12.2. The van der Waals surface area contributed by atoms with Gasteiger partial charge in [0, 0.05) is 6.61 Å². The Balaban J connectivity index is 3.32. The molecule has 0 heterocycles. The van der Waals surface area contributed by atoms with Gasteiger partial charge in [0.1, 0.15) is 0 Å². The topological polar surface area (TPSA) is 30.5 Å². The standard InChI is InChI=1S/C13H29NO2/c1-5-9-14-10-7-8-12(3)16-13(4)11-15-6-2/h12-14H,5-11H2,1-4H3. The Morgan fingerprint density at radius 1 is 1.06 bits per heavy atom. The van der Waals surface area contributed by atoms with Crippen molar-refractivity contribution in [2.24, 2.45) is 0 Å².